The second-order valence-electron chi connectivity index (χ2n) is 9.09. The first-order valence-electron chi connectivity index (χ1n) is 9.65. The summed E-state index contributed by atoms with van der Waals surface area (Å²) in [6.45, 7) is 27.3. The van der Waals surface area contributed by atoms with E-state index in [1.54, 1.807) is 0 Å². The highest BCUT2D eigenvalue weighted by Crippen LogP contribution is 2.43. The molecule has 1 aliphatic rings. The van der Waals surface area contributed by atoms with E-state index in [0.29, 0.717) is 17.3 Å². The zero-order valence-electron chi connectivity index (χ0n) is 18.5. The van der Waals surface area contributed by atoms with Gasteiger partial charge < -0.3 is 4.43 Å². The molecule has 150 valence electrons. The summed E-state index contributed by atoms with van der Waals surface area (Å²) in [7, 11) is -3.08. The summed E-state index contributed by atoms with van der Waals surface area (Å²) < 4.78 is 6.19. The van der Waals surface area contributed by atoms with Crippen LogP contribution in [0.15, 0.2) is 48.4 Å². The van der Waals surface area contributed by atoms with E-state index >= 15 is 0 Å². The Labute approximate surface area is 170 Å². The van der Waals surface area contributed by atoms with Gasteiger partial charge in [-0.3, -0.25) is 0 Å². The highest BCUT2D eigenvalue weighted by Gasteiger charge is 2.33. The zero-order chi connectivity index (χ0) is 20.8. The molecule has 3 atom stereocenters. The molecule has 0 spiro atoms. The molecule has 0 fully saturated rings. The minimum atomic E-state index is -1.68. The molecule has 26 heavy (non-hydrogen) atoms. The number of halogens is 1. The van der Waals surface area contributed by atoms with Crippen molar-refractivity contribution in [1.29, 1.82) is 0 Å². The van der Waals surface area contributed by atoms with Crippen molar-refractivity contribution in [3.63, 3.8) is 0 Å². The molecular formula is C22H41ClOSi2. The Morgan fingerprint density at radius 1 is 1.19 bits per heavy atom. The van der Waals surface area contributed by atoms with E-state index in [0.717, 1.165) is 0 Å². The topological polar surface area (TPSA) is 9.23 Å². The summed E-state index contributed by atoms with van der Waals surface area (Å²) in [4.78, 5) is 0. The van der Waals surface area contributed by atoms with Gasteiger partial charge in [0.05, 0.1) is 0 Å². The van der Waals surface area contributed by atoms with Crippen LogP contribution in [0, 0.1) is 17.3 Å². The number of hydrogen-bond acceptors (Lipinski definition) is 1. The van der Waals surface area contributed by atoms with Crippen molar-refractivity contribution in [3.05, 3.63) is 48.4 Å². The Morgan fingerprint density at radius 3 is 2.04 bits per heavy atom. The lowest BCUT2D eigenvalue weighted by molar-refractivity contribution is 0.177. The minimum absolute atomic E-state index is 0.254. The third-order valence-corrected chi connectivity index (χ3v) is 8.87. The number of hydrogen-bond donors (Lipinski definition) is 0. The molecule has 0 radical (unpaired) electrons. The Morgan fingerprint density at radius 2 is 1.69 bits per heavy atom. The Hall–Kier alpha value is -0.356. The van der Waals surface area contributed by atoms with Crippen LogP contribution < -0.4 is 0 Å². The van der Waals surface area contributed by atoms with Crippen molar-refractivity contribution in [1.82, 2.24) is 0 Å². The molecule has 0 heterocycles. The van der Waals surface area contributed by atoms with E-state index in [4.69, 9.17) is 15.5 Å². The van der Waals surface area contributed by atoms with Gasteiger partial charge in [-0.1, -0.05) is 69.1 Å². The van der Waals surface area contributed by atoms with E-state index in [1.807, 2.05) is 24.5 Å². The minimum Gasteiger partial charge on any atom is -0.410 e. The van der Waals surface area contributed by atoms with Gasteiger partial charge in [0.25, 0.3) is 0 Å². The molecule has 4 heteroatoms. The van der Waals surface area contributed by atoms with E-state index in [2.05, 4.69) is 79.1 Å². The van der Waals surface area contributed by atoms with Crippen molar-refractivity contribution in [3.8, 4) is 0 Å². The molecular weight excluding hydrogens is 372 g/mol. The third-order valence-electron chi connectivity index (χ3n) is 5.48. The van der Waals surface area contributed by atoms with Gasteiger partial charge in [0.2, 0.25) is 8.32 Å². The van der Waals surface area contributed by atoms with E-state index in [9.17, 15) is 0 Å². The highest BCUT2D eigenvalue weighted by atomic mass is 35.6. The number of allylic oxidation sites excluding steroid dienone is 3. The van der Waals surface area contributed by atoms with Gasteiger partial charge in [-0.05, 0) is 50.6 Å². The Balaban J connectivity index is 0.000000896. The van der Waals surface area contributed by atoms with Crippen LogP contribution in [0.4, 0.5) is 0 Å². The van der Waals surface area contributed by atoms with Crippen LogP contribution >= 0.6 is 11.1 Å². The predicted molar refractivity (Wildman–Crippen MR) is 126 cm³/mol. The zero-order valence-corrected chi connectivity index (χ0v) is 21.3. The average molecular weight is 413 g/mol. The van der Waals surface area contributed by atoms with Gasteiger partial charge in [0, 0.05) is 6.10 Å². The molecule has 1 aliphatic carbocycles. The van der Waals surface area contributed by atoms with Gasteiger partial charge >= 0.3 is 0 Å². The monoisotopic (exact) mass is 412 g/mol. The van der Waals surface area contributed by atoms with Gasteiger partial charge in [0.1, 0.15) is 0 Å². The summed E-state index contributed by atoms with van der Waals surface area (Å²) in [5, 5.41) is 0. The lowest BCUT2D eigenvalue weighted by atomic mass is 9.77. The van der Waals surface area contributed by atoms with Crippen molar-refractivity contribution < 1.29 is 4.43 Å². The van der Waals surface area contributed by atoms with Crippen LogP contribution in [-0.4, -0.2) is 21.8 Å². The lowest BCUT2D eigenvalue weighted by Gasteiger charge is -2.29. The fourth-order valence-corrected chi connectivity index (χ4v) is 3.84. The maximum Gasteiger partial charge on any atom is 0.210 e. The Kier molecular flexibility index (Phi) is 10.1. The second-order valence-corrected chi connectivity index (χ2v) is 19.4. The molecule has 1 nitrogen and oxygen atoms in total. The van der Waals surface area contributed by atoms with Crippen molar-refractivity contribution in [2.75, 3.05) is 0 Å². The van der Waals surface area contributed by atoms with E-state index in [-0.39, 0.29) is 6.10 Å². The normalized spacial score (nSPS) is 22.2. The summed E-state index contributed by atoms with van der Waals surface area (Å²) in [5.74, 6) is 1.07. The van der Waals surface area contributed by atoms with Gasteiger partial charge in [-0.15, -0.1) is 13.2 Å². The first-order valence-corrected chi connectivity index (χ1v) is 16.7. The molecule has 0 N–H and O–H groups in total. The van der Waals surface area contributed by atoms with Crippen molar-refractivity contribution in [2.24, 2.45) is 17.3 Å². The molecule has 0 saturated carbocycles. The maximum atomic E-state index is 6.19. The quantitative estimate of drug-likeness (QED) is 0.237. The first kappa shape index (κ1) is 25.6. The van der Waals surface area contributed by atoms with E-state index < -0.39 is 15.7 Å². The molecule has 0 amide bonds. The fraction of sp³-hybridized carbons (Fsp3) is 0.636. The smallest absolute Gasteiger partial charge is 0.210 e. The Bertz CT molecular complexity index is 527. The van der Waals surface area contributed by atoms with Crippen LogP contribution in [0.5, 0.6) is 0 Å². The lowest BCUT2D eigenvalue weighted by Crippen LogP contribution is -2.34. The largest absolute Gasteiger partial charge is 0.410 e. The molecule has 0 aromatic carbocycles. The summed E-state index contributed by atoms with van der Waals surface area (Å²) in [5.41, 5.74) is 5.67. The fourth-order valence-electron chi connectivity index (χ4n) is 2.57. The molecule has 1 rings (SSSR count). The van der Waals surface area contributed by atoms with Gasteiger partial charge in [0.15, 0.2) is 7.38 Å². The highest BCUT2D eigenvalue weighted by molar-refractivity contribution is 7.21. The van der Waals surface area contributed by atoms with Crippen LogP contribution in [0.1, 0.15) is 41.0 Å². The van der Waals surface area contributed by atoms with Crippen LogP contribution in [0.2, 0.25) is 26.2 Å². The summed E-state index contributed by atoms with van der Waals surface area (Å²) in [6, 6.07) is 0. The first-order chi connectivity index (χ1) is 11.7. The van der Waals surface area contributed by atoms with E-state index in [1.165, 1.54) is 12.0 Å². The SMILES string of the molecule is C=C[Si](C)(C)Cl.C=C[Si](C)(C)OC(C)C(C)C=CC1CC=C(C)C1(C)C. The average Bonchev–Trinajstić information content (AvgIpc) is 2.78. The van der Waals surface area contributed by atoms with Crippen molar-refractivity contribution >= 4 is 26.8 Å². The molecule has 3 unspecified atom stereocenters. The third kappa shape index (κ3) is 9.03. The van der Waals surface area contributed by atoms with Crippen LogP contribution in [-0.2, 0) is 4.43 Å². The number of rotatable bonds is 7. The van der Waals surface area contributed by atoms with Crippen LogP contribution in [0.25, 0.3) is 0 Å². The standard InChI is InChI=1S/C18H32OSi.C4H9ClSi/c1-9-20(7,8)19-16(4)14(2)10-12-17-13-11-15(3)18(17,5)6;1-4-6(2,3)5/h9-12,14,16-17H,1,13H2,2-8H3;4H,1H2,2-3H3. The summed E-state index contributed by atoms with van der Waals surface area (Å²) in [6.07, 6.45) is 8.55. The molecule has 0 aromatic rings. The van der Waals surface area contributed by atoms with Gasteiger partial charge in [-0.2, -0.15) is 11.1 Å². The molecule has 0 aromatic heterocycles. The predicted octanol–water partition coefficient (Wildman–Crippen LogP) is 7.66. The summed E-state index contributed by atoms with van der Waals surface area (Å²) >= 11 is 5.74. The molecule has 0 aliphatic heterocycles. The molecule has 0 bridgehead atoms. The second kappa shape index (κ2) is 10.3. The maximum absolute atomic E-state index is 6.19. The van der Waals surface area contributed by atoms with Crippen LogP contribution in [0.3, 0.4) is 0 Å². The molecule has 0 saturated heterocycles. The van der Waals surface area contributed by atoms with Crippen molar-refractivity contribution in [2.45, 2.75) is 73.3 Å². The van der Waals surface area contributed by atoms with Gasteiger partial charge in [-0.25, -0.2) is 0 Å².